The van der Waals surface area contributed by atoms with Crippen LogP contribution in [-0.2, 0) is 0 Å². The smallest absolute Gasteiger partial charge is 0.0893 e. The summed E-state index contributed by atoms with van der Waals surface area (Å²) in [6, 6.07) is 0. The fourth-order valence-electron chi connectivity index (χ4n) is 4.94. The van der Waals surface area contributed by atoms with Crippen LogP contribution in [0.3, 0.4) is 0 Å². The second-order valence-corrected chi connectivity index (χ2v) is 10.5. The Hall–Kier alpha value is -0.660. The minimum Gasteiger partial charge on any atom is -0.359 e. The average molecular weight is 449 g/mol. The number of hydrogen-bond donors (Lipinski definition) is 0. The van der Waals surface area contributed by atoms with E-state index in [1.54, 1.807) is 0 Å². The summed E-state index contributed by atoms with van der Waals surface area (Å²) in [5, 5.41) is 0. The molecule has 190 valence electrons. The van der Waals surface area contributed by atoms with Crippen LogP contribution < -0.4 is 0 Å². The van der Waals surface area contributed by atoms with Crippen LogP contribution >= 0.6 is 0 Å². The van der Waals surface area contributed by atoms with Gasteiger partial charge in [-0.1, -0.05) is 149 Å². The van der Waals surface area contributed by atoms with E-state index in [1.165, 1.54) is 161 Å². The predicted molar refractivity (Wildman–Crippen MR) is 145 cm³/mol. The molecule has 0 bridgehead atoms. The van der Waals surface area contributed by atoms with Gasteiger partial charge in [0.25, 0.3) is 0 Å². The summed E-state index contributed by atoms with van der Waals surface area (Å²) in [6.45, 7) is 8.24. The van der Waals surface area contributed by atoms with Gasteiger partial charge >= 0.3 is 0 Å². The van der Waals surface area contributed by atoms with Gasteiger partial charge in [0.1, 0.15) is 0 Å². The number of rotatable bonds is 25. The van der Waals surface area contributed by atoms with Gasteiger partial charge in [-0.25, -0.2) is 0 Å². The quantitative estimate of drug-likeness (QED) is 0.128. The van der Waals surface area contributed by atoms with Gasteiger partial charge in [0.05, 0.1) is 6.67 Å². The fourth-order valence-corrected chi connectivity index (χ4v) is 4.94. The summed E-state index contributed by atoms with van der Waals surface area (Å²) in [5.41, 5.74) is 0. The van der Waals surface area contributed by atoms with Gasteiger partial charge in [-0.15, -0.1) is 0 Å². The van der Waals surface area contributed by atoms with Crippen LogP contribution in [0.1, 0.15) is 162 Å². The molecule has 1 aliphatic heterocycles. The zero-order valence-electron chi connectivity index (χ0n) is 22.4. The minimum absolute atomic E-state index is 1.13. The molecule has 0 aromatic carbocycles. The molecule has 0 aromatic rings. The van der Waals surface area contributed by atoms with Crippen molar-refractivity contribution in [1.82, 2.24) is 9.80 Å². The second-order valence-electron chi connectivity index (χ2n) is 10.5. The van der Waals surface area contributed by atoms with Crippen molar-refractivity contribution < 1.29 is 0 Å². The van der Waals surface area contributed by atoms with Crippen molar-refractivity contribution in [2.75, 3.05) is 19.8 Å². The molecule has 1 heterocycles. The Labute approximate surface area is 203 Å². The van der Waals surface area contributed by atoms with E-state index in [2.05, 4.69) is 36.0 Å². The summed E-state index contributed by atoms with van der Waals surface area (Å²) in [7, 11) is 0. The van der Waals surface area contributed by atoms with Gasteiger partial charge in [-0.2, -0.15) is 0 Å². The van der Waals surface area contributed by atoms with E-state index >= 15 is 0 Å². The second kappa shape index (κ2) is 23.5. The van der Waals surface area contributed by atoms with Crippen LogP contribution in [0.25, 0.3) is 0 Å². The first kappa shape index (κ1) is 29.4. The third-order valence-electron chi connectivity index (χ3n) is 7.20. The van der Waals surface area contributed by atoms with E-state index in [-0.39, 0.29) is 0 Å². The molecule has 2 heteroatoms. The zero-order valence-corrected chi connectivity index (χ0v) is 22.4. The number of unbranched alkanes of at least 4 members (excludes halogenated alkanes) is 21. The Morgan fingerprint density at radius 1 is 0.375 bits per heavy atom. The van der Waals surface area contributed by atoms with Gasteiger partial charge in [-0.3, -0.25) is 0 Å². The highest BCUT2D eigenvalue weighted by Crippen LogP contribution is 2.15. The normalized spacial score (nSPS) is 13.6. The lowest BCUT2D eigenvalue weighted by molar-refractivity contribution is 0.257. The first-order valence-corrected chi connectivity index (χ1v) is 15.0. The maximum Gasteiger partial charge on any atom is 0.0893 e. The summed E-state index contributed by atoms with van der Waals surface area (Å²) in [5.74, 6) is 0. The third kappa shape index (κ3) is 18.9. The van der Waals surface area contributed by atoms with Gasteiger partial charge in [0.15, 0.2) is 0 Å². The molecule has 0 saturated heterocycles. The summed E-state index contributed by atoms with van der Waals surface area (Å²) in [4.78, 5) is 5.04. The Morgan fingerprint density at radius 3 is 0.906 bits per heavy atom. The third-order valence-corrected chi connectivity index (χ3v) is 7.20. The van der Waals surface area contributed by atoms with Crippen LogP contribution in [0.4, 0.5) is 0 Å². The molecule has 0 spiro atoms. The summed E-state index contributed by atoms with van der Waals surface area (Å²) >= 11 is 0. The van der Waals surface area contributed by atoms with Gasteiger partial charge < -0.3 is 9.80 Å². The molecule has 0 unspecified atom stereocenters. The molecule has 0 N–H and O–H groups in total. The predicted octanol–water partition coefficient (Wildman–Crippen LogP) is 10.0. The van der Waals surface area contributed by atoms with Crippen molar-refractivity contribution in [1.29, 1.82) is 0 Å². The van der Waals surface area contributed by atoms with E-state index in [0.717, 1.165) is 6.67 Å². The van der Waals surface area contributed by atoms with Crippen molar-refractivity contribution >= 4 is 0 Å². The van der Waals surface area contributed by atoms with Crippen molar-refractivity contribution in [3.8, 4) is 0 Å². The highest BCUT2D eigenvalue weighted by Gasteiger charge is 2.10. The molecular weight excluding hydrogens is 388 g/mol. The first-order chi connectivity index (χ1) is 15.9. The molecule has 1 rings (SSSR count). The standard InChI is InChI=1S/C30H60N2/c1-3-5-7-9-11-13-14-15-16-17-19-21-23-25-27-32-29-28-31(30-32)26-24-22-20-18-12-10-8-6-4-2/h28-29H,3-27,30H2,1-2H3. The Morgan fingerprint density at radius 2 is 0.625 bits per heavy atom. The molecule has 1 aliphatic rings. The van der Waals surface area contributed by atoms with Crippen molar-refractivity contribution in [2.45, 2.75) is 162 Å². The highest BCUT2D eigenvalue weighted by molar-refractivity contribution is 4.90. The molecule has 2 nitrogen and oxygen atoms in total. The summed E-state index contributed by atoms with van der Waals surface area (Å²) < 4.78 is 0. The zero-order chi connectivity index (χ0) is 23.0. The lowest BCUT2D eigenvalue weighted by atomic mass is 10.0. The average Bonchev–Trinajstić information content (AvgIpc) is 3.26. The lowest BCUT2D eigenvalue weighted by Crippen LogP contribution is -2.26. The van der Waals surface area contributed by atoms with E-state index in [1.807, 2.05) is 0 Å². The maximum atomic E-state index is 2.52. The Balaban J connectivity index is 1.77. The van der Waals surface area contributed by atoms with Gasteiger partial charge in [-0.05, 0) is 12.8 Å². The molecule has 0 saturated carbocycles. The van der Waals surface area contributed by atoms with Crippen LogP contribution in [0, 0.1) is 0 Å². The van der Waals surface area contributed by atoms with Crippen molar-refractivity contribution in [2.24, 2.45) is 0 Å². The minimum atomic E-state index is 1.13. The molecule has 0 fully saturated rings. The Kier molecular flexibility index (Phi) is 21.6. The Bertz CT molecular complexity index is 392. The summed E-state index contributed by atoms with van der Waals surface area (Å²) in [6.07, 6.45) is 37.7. The molecule has 32 heavy (non-hydrogen) atoms. The van der Waals surface area contributed by atoms with E-state index in [9.17, 15) is 0 Å². The number of hydrogen-bond acceptors (Lipinski definition) is 2. The van der Waals surface area contributed by atoms with E-state index < -0.39 is 0 Å². The van der Waals surface area contributed by atoms with Crippen LogP contribution in [0.2, 0.25) is 0 Å². The highest BCUT2D eigenvalue weighted by atomic mass is 15.3. The lowest BCUT2D eigenvalue weighted by Gasteiger charge is -2.21. The molecular formula is C30H60N2. The van der Waals surface area contributed by atoms with E-state index in [0.29, 0.717) is 0 Å². The molecule has 0 amide bonds. The number of nitrogens with zero attached hydrogens (tertiary/aromatic N) is 2. The van der Waals surface area contributed by atoms with Gasteiger partial charge in [0, 0.05) is 25.5 Å². The molecule has 0 aliphatic carbocycles. The molecule has 0 radical (unpaired) electrons. The van der Waals surface area contributed by atoms with Crippen molar-refractivity contribution in [3.63, 3.8) is 0 Å². The van der Waals surface area contributed by atoms with Crippen molar-refractivity contribution in [3.05, 3.63) is 12.4 Å². The van der Waals surface area contributed by atoms with Crippen LogP contribution in [0.5, 0.6) is 0 Å². The van der Waals surface area contributed by atoms with Crippen LogP contribution in [-0.4, -0.2) is 29.6 Å². The molecule has 0 atom stereocenters. The first-order valence-electron chi connectivity index (χ1n) is 15.0. The topological polar surface area (TPSA) is 6.48 Å². The monoisotopic (exact) mass is 448 g/mol. The fraction of sp³-hybridized carbons (Fsp3) is 0.933. The maximum absolute atomic E-state index is 2.52. The van der Waals surface area contributed by atoms with Gasteiger partial charge in [0.2, 0.25) is 0 Å². The SMILES string of the molecule is CCCCCCCCCCCCCCCCN1C=CN(CCCCCCCCCCC)C1. The largest absolute Gasteiger partial charge is 0.359 e. The van der Waals surface area contributed by atoms with Crippen LogP contribution in [0.15, 0.2) is 12.4 Å². The molecule has 0 aromatic heterocycles. The van der Waals surface area contributed by atoms with E-state index in [4.69, 9.17) is 0 Å².